The van der Waals surface area contributed by atoms with Gasteiger partial charge in [-0.2, -0.15) is 0 Å². The van der Waals surface area contributed by atoms with Crippen molar-refractivity contribution in [1.82, 2.24) is 4.90 Å². The minimum Gasteiger partial charge on any atom is -0.493 e. The van der Waals surface area contributed by atoms with Gasteiger partial charge in [0, 0.05) is 25.4 Å². The lowest BCUT2D eigenvalue weighted by atomic mass is 10.0. The Morgan fingerprint density at radius 1 is 0.933 bits per heavy atom. The van der Waals surface area contributed by atoms with Crippen LogP contribution in [-0.4, -0.2) is 50.7 Å². The van der Waals surface area contributed by atoms with Crippen LogP contribution in [0.1, 0.15) is 18.9 Å². The molecule has 0 saturated heterocycles. The quantitative estimate of drug-likeness (QED) is 0.478. The van der Waals surface area contributed by atoms with Gasteiger partial charge >= 0.3 is 0 Å². The Labute approximate surface area is 176 Å². The number of nitrogens with one attached hydrogen (secondary N) is 1. The standard InChI is InChI=1S/C23H26N2O5/c1-4-30-14-8-13-25-22(26)20(16-11-12-18(28-2)19(15-16)29-3)21(23(25)27)24-17-9-6-5-7-10-17/h5-7,9-12,15,24H,4,8,13-14H2,1-3H3. The van der Waals surface area contributed by atoms with Gasteiger partial charge in [0.25, 0.3) is 11.8 Å². The van der Waals surface area contributed by atoms with Crippen LogP contribution in [0.15, 0.2) is 54.2 Å². The molecule has 2 aromatic rings. The van der Waals surface area contributed by atoms with Crippen LogP contribution in [-0.2, 0) is 14.3 Å². The highest BCUT2D eigenvalue weighted by molar-refractivity contribution is 6.36. The molecule has 1 heterocycles. The fourth-order valence-corrected chi connectivity index (χ4v) is 3.29. The van der Waals surface area contributed by atoms with Gasteiger partial charge in [0.05, 0.1) is 19.8 Å². The summed E-state index contributed by atoms with van der Waals surface area (Å²) in [4.78, 5) is 27.6. The molecule has 1 aliphatic rings. The minimum absolute atomic E-state index is 0.245. The summed E-state index contributed by atoms with van der Waals surface area (Å²) in [6, 6.07) is 14.5. The van der Waals surface area contributed by atoms with Crippen LogP contribution in [0.25, 0.3) is 5.57 Å². The van der Waals surface area contributed by atoms with Crippen molar-refractivity contribution in [3.8, 4) is 11.5 Å². The molecule has 7 nitrogen and oxygen atoms in total. The first-order chi connectivity index (χ1) is 14.6. The summed E-state index contributed by atoms with van der Waals surface area (Å²) in [6.07, 6.45) is 0.573. The smallest absolute Gasteiger partial charge is 0.278 e. The van der Waals surface area contributed by atoms with Crippen LogP contribution in [0.3, 0.4) is 0 Å². The van der Waals surface area contributed by atoms with E-state index in [0.29, 0.717) is 42.3 Å². The molecule has 3 rings (SSSR count). The van der Waals surface area contributed by atoms with Crippen LogP contribution < -0.4 is 14.8 Å². The third-order valence-electron chi connectivity index (χ3n) is 4.76. The monoisotopic (exact) mass is 410 g/mol. The van der Waals surface area contributed by atoms with E-state index in [0.717, 1.165) is 5.69 Å². The van der Waals surface area contributed by atoms with Crippen molar-refractivity contribution in [3.63, 3.8) is 0 Å². The van der Waals surface area contributed by atoms with Crippen molar-refractivity contribution in [2.45, 2.75) is 13.3 Å². The largest absolute Gasteiger partial charge is 0.493 e. The van der Waals surface area contributed by atoms with Gasteiger partial charge in [0.15, 0.2) is 11.5 Å². The van der Waals surface area contributed by atoms with Gasteiger partial charge in [-0.05, 0) is 43.2 Å². The van der Waals surface area contributed by atoms with Crippen LogP contribution in [0, 0.1) is 0 Å². The van der Waals surface area contributed by atoms with Crippen molar-refractivity contribution < 1.29 is 23.8 Å². The van der Waals surface area contributed by atoms with Crippen LogP contribution in [0.5, 0.6) is 11.5 Å². The van der Waals surface area contributed by atoms with E-state index in [4.69, 9.17) is 14.2 Å². The molecule has 0 bridgehead atoms. The predicted octanol–water partition coefficient (Wildman–Crippen LogP) is 3.32. The number of anilines is 1. The van der Waals surface area contributed by atoms with Gasteiger partial charge in [0.1, 0.15) is 5.70 Å². The van der Waals surface area contributed by atoms with E-state index in [-0.39, 0.29) is 24.1 Å². The lowest BCUT2D eigenvalue weighted by Gasteiger charge is -2.15. The number of hydrogen-bond acceptors (Lipinski definition) is 6. The number of amides is 2. The zero-order valence-corrected chi connectivity index (χ0v) is 17.4. The number of methoxy groups -OCH3 is 2. The normalized spacial score (nSPS) is 13.8. The Bertz CT molecular complexity index is 940. The van der Waals surface area contributed by atoms with Crippen molar-refractivity contribution >= 4 is 23.1 Å². The first kappa shape index (κ1) is 21.4. The van der Waals surface area contributed by atoms with Gasteiger partial charge in [-0.25, -0.2) is 0 Å². The fraction of sp³-hybridized carbons (Fsp3) is 0.304. The summed E-state index contributed by atoms with van der Waals surface area (Å²) in [5.74, 6) is 0.327. The third kappa shape index (κ3) is 4.46. The Hall–Kier alpha value is -3.32. The van der Waals surface area contributed by atoms with Gasteiger partial charge in [-0.3, -0.25) is 14.5 Å². The Morgan fingerprint density at radius 2 is 1.67 bits per heavy atom. The maximum atomic E-state index is 13.2. The van der Waals surface area contributed by atoms with Gasteiger partial charge in [0.2, 0.25) is 0 Å². The van der Waals surface area contributed by atoms with Gasteiger partial charge in [-0.1, -0.05) is 24.3 Å². The first-order valence-corrected chi connectivity index (χ1v) is 9.83. The second-order valence-electron chi connectivity index (χ2n) is 6.62. The van der Waals surface area contributed by atoms with Crippen molar-refractivity contribution in [2.75, 3.05) is 39.3 Å². The molecule has 0 aliphatic carbocycles. The van der Waals surface area contributed by atoms with Crippen molar-refractivity contribution in [2.24, 2.45) is 0 Å². The number of para-hydroxylation sites is 1. The molecule has 1 aliphatic heterocycles. The summed E-state index contributed by atoms with van der Waals surface area (Å²) < 4.78 is 16.0. The number of benzene rings is 2. The second-order valence-corrected chi connectivity index (χ2v) is 6.62. The van der Waals surface area contributed by atoms with Crippen LogP contribution in [0.2, 0.25) is 0 Å². The number of carbonyl (C=O) groups is 2. The number of rotatable bonds is 10. The first-order valence-electron chi connectivity index (χ1n) is 9.83. The zero-order valence-electron chi connectivity index (χ0n) is 17.4. The Balaban J connectivity index is 1.98. The molecule has 0 aromatic heterocycles. The molecule has 0 radical (unpaired) electrons. The van der Waals surface area contributed by atoms with Crippen LogP contribution >= 0.6 is 0 Å². The van der Waals surface area contributed by atoms with Crippen molar-refractivity contribution in [3.05, 3.63) is 59.8 Å². The van der Waals surface area contributed by atoms with Gasteiger partial charge in [-0.15, -0.1) is 0 Å². The minimum atomic E-state index is -0.356. The molecule has 0 atom stereocenters. The molecule has 30 heavy (non-hydrogen) atoms. The average molecular weight is 410 g/mol. The van der Waals surface area contributed by atoms with E-state index in [1.165, 1.54) is 12.0 Å². The molecular weight excluding hydrogens is 384 g/mol. The van der Waals surface area contributed by atoms with Crippen molar-refractivity contribution in [1.29, 1.82) is 0 Å². The highest BCUT2D eigenvalue weighted by atomic mass is 16.5. The highest BCUT2D eigenvalue weighted by Crippen LogP contribution is 2.35. The highest BCUT2D eigenvalue weighted by Gasteiger charge is 2.39. The summed E-state index contributed by atoms with van der Waals surface area (Å²) >= 11 is 0. The molecule has 0 saturated carbocycles. The maximum absolute atomic E-state index is 13.2. The molecule has 0 fully saturated rings. The van der Waals surface area contributed by atoms with E-state index < -0.39 is 0 Å². The summed E-state index contributed by atoms with van der Waals surface area (Å²) in [7, 11) is 3.07. The molecule has 158 valence electrons. The Morgan fingerprint density at radius 3 is 2.33 bits per heavy atom. The molecule has 0 unspecified atom stereocenters. The number of nitrogens with zero attached hydrogens (tertiary/aromatic N) is 1. The van der Waals surface area contributed by atoms with E-state index in [1.807, 2.05) is 37.3 Å². The number of hydrogen-bond donors (Lipinski definition) is 1. The molecule has 2 aromatic carbocycles. The fourth-order valence-electron chi connectivity index (χ4n) is 3.29. The number of carbonyl (C=O) groups excluding carboxylic acids is 2. The molecule has 2 amide bonds. The average Bonchev–Trinajstić information content (AvgIpc) is 3.00. The zero-order chi connectivity index (χ0) is 21.5. The van der Waals surface area contributed by atoms with E-state index in [9.17, 15) is 9.59 Å². The summed E-state index contributed by atoms with van der Waals surface area (Å²) in [6.45, 7) is 3.28. The van der Waals surface area contributed by atoms with E-state index in [2.05, 4.69) is 5.32 Å². The molecule has 0 spiro atoms. The maximum Gasteiger partial charge on any atom is 0.278 e. The van der Waals surface area contributed by atoms with Gasteiger partial charge < -0.3 is 19.5 Å². The Kier molecular flexibility index (Phi) is 7.08. The predicted molar refractivity (Wildman–Crippen MR) is 114 cm³/mol. The lowest BCUT2D eigenvalue weighted by molar-refractivity contribution is -0.137. The lowest BCUT2D eigenvalue weighted by Crippen LogP contribution is -2.34. The topological polar surface area (TPSA) is 77.1 Å². The third-order valence-corrected chi connectivity index (χ3v) is 4.76. The van der Waals surface area contributed by atoms with Crippen LogP contribution in [0.4, 0.5) is 5.69 Å². The summed E-state index contributed by atoms with van der Waals surface area (Å²) in [5.41, 5.74) is 1.86. The number of ether oxygens (including phenoxy) is 3. The van der Waals surface area contributed by atoms with E-state index in [1.54, 1.807) is 25.3 Å². The molecule has 7 heteroatoms. The molecular formula is C23H26N2O5. The molecule has 1 N–H and O–H groups in total. The number of imide groups is 1. The second kappa shape index (κ2) is 9.93. The van der Waals surface area contributed by atoms with E-state index >= 15 is 0 Å². The SMILES string of the molecule is CCOCCCN1C(=O)C(Nc2ccccc2)=C(c2ccc(OC)c(OC)c2)C1=O. The summed E-state index contributed by atoms with van der Waals surface area (Å²) in [5, 5.41) is 3.13.